The molecule has 0 fully saturated rings. The second kappa shape index (κ2) is 6.14. The largest absolute Gasteiger partial charge is 0.358 e. The molecular weight excluding hydrogens is 334 g/mol. The molecule has 1 N–H and O–H groups in total. The molecule has 1 aliphatic rings. The van der Waals surface area contributed by atoms with E-state index in [9.17, 15) is 0 Å². The molecule has 0 bridgehead atoms. The number of fused-ring (bicyclic) bond motifs is 5. The first-order chi connectivity index (χ1) is 12.8. The number of H-pyrrole nitrogens is 1. The molecule has 0 saturated carbocycles. The summed E-state index contributed by atoms with van der Waals surface area (Å²) >= 11 is 2.01. The topological polar surface area (TPSA) is 15.8 Å². The Balaban J connectivity index is 1.91. The summed E-state index contributed by atoms with van der Waals surface area (Å²) in [5, 5.41) is 5.52. The molecule has 0 spiro atoms. The Kier molecular flexibility index (Phi) is 3.75. The normalized spacial score (nSPS) is 15.9. The van der Waals surface area contributed by atoms with Gasteiger partial charge in [0.2, 0.25) is 0 Å². The van der Waals surface area contributed by atoms with E-state index in [1.165, 1.54) is 68.4 Å². The second-order valence-corrected chi connectivity index (χ2v) is 8.43. The molecule has 2 heteroatoms. The molecule has 2 heterocycles. The minimum Gasteiger partial charge on any atom is -0.358 e. The number of hydrogen-bond donors (Lipinski definition) is 1. The summed E-state index contributed by atoms with van der Waals surface area (Å²) in [6.07, 6.45) is 9.72. The van der Waals surface area contributed by atoms with Gasteiger partial charge in [-0.25, -0.2) is 0 Å². The van der Waals surface area contributed by atoms with Crippen LogP contribution in [0.4, 0.5) is 0 Å². The Labute approximate surface area is 157 Å². The van der Waals surface area contributed by atoms with Gasteiger partial charge in [0.05, 0.1) is 0 Å². The zero-order valence-electron chi connectivity index (χ0n) is 15.4. The van der Waals surface area contributed by atoms with Crippen molar-refractivity contribution in [2.45, 2.75) is 39.5 Å². The van der Waals surface area contributed by atoms with Gasteiger partial charge in [0.1, 0.15) is 0 Å². The van der Waals surface area contributed by atoms with Crippen molar-refractivity contribution >= 4 is 44.5 Å². The van der Waals surface area contributed by atoms with Crippen LogP contribution in [0.2, 0.25) is 0 Å². The number of thiophene rings is 1. The summed E-state index contributed by atoms with van der Waals surface area (Å²) in [5.41, 5.74) is 5.50. The van der Waals surface area contributed by atoms with E-state index >= 15 is 0 Å². The van der Waals surface area contributed by atoms with E-state index in [2.05, 4.69) is 67.4 Å². The Morgan fingerprint density at radius 3 is 2.62 bits per heavy atom. The van der Waals surface area contributed by atoms with Crippen molar-refractivity contribution in [2.75, 3.05) is 0 Å². The van der Waals surface area contributed by atoms with E-state index in [0.29, 0.717) is 0 Å². The summed E-state index contributed by atoms with van der Waals surface area (Å²) in [6, 6.07) is 13.2. The summed E-state index contributed by atoms with van der Waals surface area (Å²) < 4.78 is 1.45. The highest BCUT2D eigenvalue weighted by Crippen LogP contribution is 2.41. The lowest BCUT2D eigenvalue weighted by Gasteiger charge is -2.11. The zero-order chi connectivity index (χ0) is 17.7. The predicted molar refractivity (Wildman–Crippen MR) is 114 cm³/mol. The monoisotopic (exact) mass is 357 g/mol. The highest BCUT2D eigenvalue weighted by molar-refractivity contribution is 7.19. The smallest absolute Gasteiger partial charge is 0.0469 e. The van der Waals surface area contributed by atoms with Crippen LogP contribution < -0.4 is 10.4 Å². The highest BCUT2D eigenvalue weighted by atomic mass is 32.1. The third-order valence-electron chi connectivity index (χ3n) is 5.72. The molecule has 0 atom stereocenters. The maximum atomic E-state index is 3.64. The number of rotatable bonds is 1. The average molecular weight is 358 g/mol. The number of aryl methyl sites for hydroxylation is 3. The van der Waals surface area contributed by atoms with Gasteiger partial charge in [-0.05, 0) is 73.7 Å². The molecule has 0 aliphatic heterocycles. The quantitative estimate of drug-likeness (QED) is 0.482. The summed E-state index contributed by atoms with van der Waals surface area (Å²) in [5.74, 6) is 0. The molecule has 4 aromatic rings. The van der Waals surface area contributed by atoms with Crippen LogP contribution in [0.3, 0.4) is 0 Å². The van der Waals surface area contributed by atoms with Gasteiger partial charge in [0.15, 0.2) is 0 Å². The van der Waals surface area contributed by atoms with E-state index in [1.54, 1.807) is 10.4 Å². The minimum absolute atomic E-state index is 1.23. The molecule has 0 amide bonds. The lowest BCUT2D eigenvalue weighted by atomic mass is 9.93. The maximum absolute atomic E-state index is 3.64. The lowest BCUT2D eigenvalue weighted by molar-refractivity contribution is 0.700. The molecule has 2 aromatic heterocycles. The minimum atomic E-state index is 1.23. The van der Waals surface area contributed by atoms with Gasteiger partial charge in [0.25, 0.3) is 0 Å². The maximum Gasteiger partial charge on any atom is 0.0469 e. The lowest BCUT2D eigenvalue weighted by Crippen LogP contribution is -2.23. The first-order valence-electron chi connectivity index (χ1n) is 9.55. The zero-order valence-corrected chi connectivity index (χ0v) is 16.2. The number of benzene rings is 2. The fourth-order valence-electron chi connectivity index (χ4n) is 4.44. The molecule has 1 nitrogen and oxygen atoms in total. The van der Waals surface area contributed by atoms with Crippen LogP contribution in [0.25, 0.3) is 33.1 Å². The van der Waals surface area contributed by atoms with Gasteiger partial charge in [-0.15, -0.1) is 11.3 Å². The van der Waals surface area contributed by atoms with E-state index in [1.807, 2.05) is 11.3 Å². The first kappa shape index (κ1) is 15.9. The van der Waals surface area contributed by atoms with Crippen molar-refractivity contribution in [3.63, 3.8) is 0 Å². The van der Waals surface area contributed by atoms with Gasteiger partial charge < -0.3 is 4.98 Å². The molecule has 0 radical (unpaired) electrons. The van der Waals surface area contributed by atoms with Gasteiger partial charge in [-0.2, -0.15) is 0 Å². The Morgan fingerprint density at radius 2 is 1.77 bits per heavy atom. The van der Waals surface area contributed by atoms with Gasteiger partial charge >= 0.3 is 0 Å². The molecule has 130 valence electrons. The van der Waals surface area contributed by atoms with Crippen LogP contribution >= 0.6 is 11.3 Å². The van der Waals surface area contributed by atoms with Crippen LogP contribution in [0.15, 0.2) is 36.4 Å². The Morgan fingerprint density at radius 1 is 0.962 bits per heavy atom. The first-order valence-corrected chi connectivity index (χ1v) is 10.4. The van der Waals surface area contributed by atoms with Crippen molar-refractivity contribution in [2.24, 2.45) is 0 Å². The van der Waals surface area contributed by atoms with Gasteiger partial charge in [-0.1, -0.05) is 30.3 Å². The van der Waals surface area contributed by atoms with Gasteiger partial charge in [0, 0.05) is 37.1 Å². The SMILES string of the molecule is CC=c1cccc/c1=C/c1c(C)[nH]c2ccc3sc4c(c3c12)CCCC4. The molecule has 2 aromatic carbocycles. The molecular formula is C24H23NS. The Bertz CT molecular complexity index is 1250. The standard InChI is InChI=1S/C24H23NS/c1-3-16-8-4-5-9-17(16)14-19-15(2)25-20-12-13-22-24(23(19)20)18-10-6-7-11-21(18)26-22/h3-5,8-9,12-14,25H,6-7,10-11H2,1-2H3/b16-3?,17-14-. The van der Waals surface area contributed by atoms with Crippen molar-refractivity contribution in [1.82, 2.24) is 4.98 Å². The van der Waals surface area contributed by atoms with Crippen LogP contribution in [0.5, 0.6) is 0 Å². The Hall–Kier alpha value is -2.32. The molecule has 26 heavy (non-hydrogen) atoms. The van der Waals surface area contributed by atoms with E-state index < -0.39 is 0 Å². The summed E-state index contributed by atoms with van der Waals surface area (Å²) in [7, 11) is 0. The summed E-state index contributed by atoms with van der Waals surface area (Å²) in [4.78, 5) is 5.25. The third kappa shape index (κ3) is 2.36. The van der Waals surface area contributed by atoms with Crippen LogP contribution in [0, 0.1) is 6.92 Å². The summed E-state index contributed by atoms with van der Waals surface area (Å²) in [6.45, 7) is 4.32. The van der Waals surface area contributed by atoms with E-state index in [4.69, 9.17) is 0 Å². The molecule has 5 rings (SSSR count). The number of aromatic nitrogens is 1. The molecule has 0 unspecified atom stereocenters. The highest BCUT2D eigenvalue weighted by Gasteiger charge is 2.20. The van der Waals surface area contributed by atoms with Crippen molar-refractivity contribution < 1.29 is 0 Å². The fraction of sp³-hybridized carbons (Fsp3) is 0.250. The van der Waals surface area contributed by atoms with Crippen LogP contribution in [-0.4, -0.2) is 4.98 Å². The van der Waals surface area contributed by atoms with Crippen molar-refractivity contribution in [3.05, 3.63) is 68.5 Å². The predicted octanol–water partition coefficient (Wildman–Crippen LogP) is 5.20. The van der Waals surface area contributed by atoms with Crippen LogP contribution in [0.1, 0.15) is 41.5 Å². The second-order valence-electron chi connectivity index (χ2n) is 7.30. The number of aromatic amines is 1. The molecule has 1 aliphatic carbocycles. The number of nitrogens with one attached hydrogen (secondary N) is 1. The number of hydrogen-bond acceptors (Lipinski definition) is 1. The molecule has 0 saturated heterocycles. The van der Waals surface area contributed by atoms with Crippen molar-refractivity contribution in [3.8, 4) is 0 Å². The average Bonchev–Trinajstić information content (AvgIpc) is 3.19. The van der Waals surface area contributed by atoms with E-state index in [0.717, 1.165) is 0 Å². The van der Waals surface area contributed by atoms with Crippen LogP contribution in [-0.2, 0) is 12.8 Å². The van der Waals surface area contributed by atoms with Gasteiger partial charge in [-0.3, -0.25) is 0 Å². The fourth-order valence-corrected chi connectivity index (χ4v) is 5.74. The van der Waals surface area contributed by atoms with Crippen molar-refractivity contribution in [1.29, 1.82) is 0 Å². The van der Waals surface area contributed by atoms with E-state index in [-0.39, 0.29) is 0 Å². The third-order valence-corrected chi connectivity index (χ3v) is 6.98.